The summed E-state index contributed by atoms with van der Waals surface area (Å²) in [6.07, 6.45) is 5.11. The summed E-state index contributed by atoms with van der Waals surface area (Å²) in [5.74, 6) is 0.963. The number of carbonyl (C=O) groups excluding carboxylic acids is 1. The SMILES string of the molecule is CC1CN(c2ccc(CNC(=O)N3CC=C(c4ccccc4)CC3)cn2)CCO1. The molecule has 0 bridgehead atoms. The van der Waals surface area contributed by atoms with Gasteiger partial charge in [0.15, 0.2) is 0 Å². The monoisotopic (exact) mass is 392 g/mol. The number of rotatable bonds is 4. The van der Waals surface area contributed by atoms with Crippen LogP contribution in [-0.2, 0) is 11.3 Å². The number of aromatic nitrogens is 1. The van der Waals surface area contributed by atoms with E-state index in [1.54, 1.807) is 0 Å². The van der Waals surface area contributed by atoms with E-state index in [0.717, 1.165) is 44.0 Å². The molecule has 6 nitrogen and oxygen atoms in total. The number of morpholine rings is 1. The van der Waals surface area contributed by atoms with Gasteiger partial charge in [-0.3, -0.25) is 0 Å². The van der Waals surface area contributed by atoms with Crippen LogP contribution in [0, 0.1) is 0 Å². The number of urea groups is 1. The number of nitrogens with one attached hydrogen (secondary N) is 1. The lowest BCUT2D eigenvalue weighted by molar-refractivity contribution is 0.0529. The van der Waals surface area contributed by atoms with Crippen LogP contribution in [0.3, 0.4) is 0 Å². The van der Waals surface area contributed by atoms with Crippen molar-refractivity contribution in [1.29, 1.82) is 0 Å². The van der Waals surface area contributed by atoms with Crippen molar-refractivity contribution in [1.82, 2.24) is 15.2 Å². The van der Waals surface area contributed by atoms with Crippen LogP contribution in [0.1, 0.15) is 24.5 Å². The Morgan fingerprint density at radius 3 is 2.76 bits per heavy atom. The number of pyridine rings is 1. The maximum atomic E-state index is 12.5. The molecule has 1 aromatic carbocycles. The second-order valence-electron chi connectivity index (χ2n) is 7.60. The summed E-state index contributed by atoms with van der Waals surface area (Å²) < 4.78 is 5.58. The van der Waals surface area contributed by atoms with Crippen LogP contribution < -0.4 is 10.2 Å². The molecule has 0 aliphatic carbocycles. The van der Waals surface area contributed by atoms with Gasteiger partial charge in [-0.15, -0.1) is 0 Å². The summed E-state index contributed by atoms with van der Waals surface area (Å²) in [5.41, 5.74) is 3.56. The number of ether oxygens (including phenoxy) is 1. The zero-order valence-corrected chi connectivity index (χ0v) is 16.9. The van der Waals surface area contributed by atoms with Crippen molar-refractivity contribution in [2.24, 2.45) is 0 Å². The van der Waals surface area contributed by atoms with Gasteiger partial charge in [-0.05, 0) is 36.1 Å². The Balaban J connectivity index is 1.27. The molecule has 1 saturated heterocycles. The second-order valence-corrected chi connectivity index (χ2v) is 7.60. The summed E-state index contributed by atoms with van der Waals surface area (Å²) in [6.45, 7) is 6.39. The Kier molecular flexibility index (Phi) is 6.10. The van der Waals surface area contributed by atoms with Gasteiger partial charge in [0.1, 0.15) is 5.82 Å². The topological polar surface area (TPSA) is 57.7 Å². The van der Waals surface area contributed by atoms with Gasteiger partial charge in [-0.2, -0.15) is 0 Å². The van der Waals surface area contributed by atoms with E-state index in [-0.39, 0.29) is 12.1 Å². The molecule has 152 valence electrons. The number of carbonyl (C=O) groups is 1. The normalized spacial score (nSPS) is 19.6. The third-order valence-corrected chi connectivity index (χ3v) is 5.46. The highest BCUT2D eigenvalue weighted by Gasteiger charge is 2.19. The van der Waals surface area contributed by atoms with E-state index in [4.69, 9.17) is 4.74 Å². The van der Waals surface area contributed by atoms with Crippen molar-refractivity contribution in [2.75, 3.05) is 37.7 Å². The number of hydrogen-bond acceptors (Lipinski definition) is 4. The van der Waals surface area contributed by atoms with E-state index in [1.165, 1.54) is 11.1 Å². The molecule has 2 aliphatic heterocycles. The second kappa shape index (κ2) is 9.09. The van der Waals surface area contributed by atoms with Crippen LogP contribution in [0.4, 0.5) is 10.6 Å². The highest BCUT2D eigenvalue weighted by Crippen LogP contribution is 2.22. The smallest absolute Gasteiger partial charge is 0.317 e. The highest BCUT2D eigenvalue weighted by atomic mass is 16.5. The first-order valence-corrected chi connectivity index (χ1v) is 10.3. The number of anilines is 1. The lowest BCUT2D eigenvalue weighted by Gasteiger charge is -2.32. The number of amides is 2. The fourth-order valence-electron chi connectivity index (χ4n) is 3.79. The number of nitrogens with zero attached hydrogens (tertiary/aromatic N) is 3. The molecule has 4 rings (SSSR count). The number of benzene rings is 1. The Hall–Kier alpha value is -2.86. The van der Waals surface area contributed by atoms with Crippen LogP contribution >= 0.6 is 0 Å². The Labute approximate surface area is 172 Å². The van der Waals surface area contributed by atoms with Crippen molar-refractivity contribution in [3.63, 3.8) is 0 Å². The molecule has 1 fully saturated rings. The standard InChI is InChI=1S/C23H28N4O2/c1-18-17-27(13-14-29-18)22-8-7-19(15-24-22)16-25-23(28)26-11-9-21(10-12-26)20-5-3-2-4-6-20/h2-9,15,18H,10-14,16-17H2,1H3,(H,25,28). The highest BCUT2D eigenvalue weighted by molar-refractivity contribution is 5.76. The molecule has 1 unspecified atom stereocenters. The molecule has 0 saturated carbocycles. The summed E-state index contributed by atoms with van der Waals surface area (Å²) in [5, 5.41) is 3.01. The van der Waals surface area contributed by atoms with E-state index in [0.29, 0.717) is 13.1 Å². The minimum atomic E-state index is -0.0283. The minimum absolute atomic E-state index is 0.0283. The molecule has 0 radical (unpaired) electrons. The van der Waals surface area contributed by atoms with Crippen LogP contribution in [0.25, 0.3) is 5.57 Å². The van der Waals surface area contributed by atoms with E-state index in [1.807, 2.05) is 41.4 Å². The van der Waals surface area contributed by atoms with Gasteiger partial charge in [0.25, 0.3) is 0 Å². The van der Waals surface area contributed by atoms with Crippen molar-refractivity contribution in [3.05, 3.63) is 65.9 Å². The Bertz CT molecular complexity index is 851. The van der Waals surface area contributed by atoms with Crippen LogP contribution in [0.5, 0.6) is 0 Å². The lowest BCUT2D eigenvalue weighted by Crippen LogP contribution is -2.42. The zero-order valence-electron chi connectivity index (χ0n) is 16.9. The number of hydrogen-bond donors (Lipinski definition) is 1. The molecule has 1 N–H and O–H groups in total. The molecular formula is C23H28N4O2. The van der Waals surface area contributed by atoms with E-state index in [2.05, 4.69) is 40.3 Å². The first-order chi connectivity index (χ1) is 14.2. The van der Waals surface area contributed by atoms with Gasteiger partial charge in [0.2, 0.25) is 0 Å². The van der Waals surface area contributed by atoms with Crippen LogP contribution in [-0.4, -0.2) is 54.8 Å². The van der Waals surface area contributed by atoms with Crippen molar-refractivity contribution < 1.29 is 9.53 Å². The predicted octanol–water partition coefficient (Wildman–Crippen LogP) is 3.31. The maximum Gasteiger partial charge on any atom is 0.317 e. The van der Waals surface area contributed by atoms with E-state index >= 15 is 0 Å². The third kappa shape index (κ3) is 4.95. The van der Waals surface area contributed by atoms with Crippen LogP contribution in [0.15, 0.2) is 54.7 Å². The van der Waals surface area contributed by atoms with Gasteiger partial charge < -0.3 is 19.9 Å². The fourth-order valence-corrected chi connectivity index (χ4v) is 3.79. The summed E-state index contributed by atoms with van der Waals surface area (Å²) >= 11 is 0. The van der Waals surface area contributed by atoms with E-state index < -0.39 is 0 Å². The Morgan fingerprint density at radius 1 is 1.21 bits per heavy atom. The molecule has 2 aliphatic rings. The molecule has 1 atom stereocenters. The summed E-state index contributed by atoms with van der Waals surface area (Å²) in [4.78, 5) is 21.2. The van der Waals surface area contributed by atoms with Crippen LogP contribution in [0.2, 0.25) is 0 Å². The molecular weight excluding hydrogens is 364 g/mol. The largest absolute Gasteiger partial charge is 0.375 e. The molecule has 1 aromatic heterocycles. The molecule has 0 spiro atoms. The zero-order chi connectivity index (χ0) is 20.1. The molecule has 6 heteroatoms. The molecule has 2 aromatic rings. The summed E-state index contributed by atoms with van der Waals surface area (Å²) in [7, 11) is 0. The summed E-state index contributed by atoms with van der Waals surface area (Å²) in [6, 6.07) is 14.4. The Morgan fingerprint density at radius 2 is 2.07 bits per heavy atom. The lowest BCUT2D eigenvalue weighted by atomic mass is 10.00. The quantitative estimate of drug-likeness (QED) is 0.867. The molecule has 2 amide bonds. The van der Waals surface area contributed by atoms with E-state index in [9.17, 15) is 4.79 Å². The fraction of sp³-hybridized carbons (Fsp3) is 0.391. The maximum absolute atomic E-state index is 12.5. The average Bonchev–Trinajstić information content (AvgIpc) is 2.78. The average molecular weight is 393 g/mol. The molecule has 3 heterocycles. The first-order valence-electron chi connectivity index (χ1n) is 10.3. The van der Waals surface area contributed by atoms with Crippen molar-refractivity contribution in [3.8, 4) is 0 Å². The first kappa shape index (κ1) is 19.5. The van der Waals surface area contributed by atoms with Gasteiger partial charge in [0.05, 0.1) is 12.7 Å². The van der Waals surface area contributed by atoms with Gasteiger partial charge in [-0.1, -0.05) is 42.5 Å². The molecule has 29 heavy (non-hydrogen) atoms. The van der Waals surface area contributed by atoms with Crippen molar-refractivity contribution in [2.45, 2.75) is 26.0 Å². The third-order valence-electron chi connectivity index (χ3n) is 5.46. The van der Waals surface area contributed by atoms with Gasteiger partial charge in [-0.25, -0.2) is 9.78 Å². The minimum Gasteiger partial charge on any atom is -0.375 e. The van der Waals surface area contributed by atoms with Crippen molar-refractivity contribution >= 4 is 17.4 Å². The predicted molar refractivity (Wildman–Crippen MR) is 115 cm³/mol. The van der Waals surface area contributed by atoms with Gasteiger partial charge in [0, 0.05) is 38.9 Å². The van der Waals surface area contributed by atoms with Gasteiger partial charge >= 0.3 is 6.03 Å².